The zero-order valence-corrected chi connectivity index (χ0v) is 11.5. The first kappa shape index (κ1) is 16.9. The molecule has 1 aromatic carbocycles. The fraction of sp³-hybridized carbons (Fsp3) is 0.333. The van der Waals surface area contributed by atoms with Crippen LogP contribution >= 0.6 is 0 Å². The third-order valence-corrected chi connectivity index (χ3v) is 4.61. The van der Waals surface area contributed by atoms with Crippen LogP contribution in [0.4, 0.5) is 17.6 Å². The van der Waals surface area contributed by atoms with E-state index < -0.39 is 48.2 Å². The summed E-state index contributed by atoms with van der Waals surface area (Å²) in [6.07, 6.45) is -4.07. The van der Waals surface area contributed by atoms with Gasteiger partial charge in [0.25, 0.3) is 0 Å². The molecule has 1 rings (SSSR count). The van der Waals surface area contributed by atoms with Gasteiger partial charge in [0.15, 0.2) is 9.84 Å². The quantitative estimate of drug-likeness (QED) is 0.659. The van der Waals surface area contributed by atoms with E-state index in [0.29, 0.717) is 12.1 Å². The molecule has 0 amide bonds. The van der Waals surface area contributed by atoms with Gasteiger partial charge in [-0.15, -0.1) is 0 Å². The highest BCUT2D eigenvalue weighted by Crippen LogP contribution is 2.20. The van der Waals surface area contributed by atoms with Crippen LogP contribution in [0.2, 0.25) is 0 Å². The second-order valence-corrected chi connectivity index (χ2v) is 7.56. The van der Waals surface area contributed by atoms with Gasteiger partial charge in [0.1, 0.15) is 17.3 Å². The Labute approximate surface area is 112 Å². The molecule has 1 aromatic rings. The van der Waals surface area contributed by atoms with Crippen molar-refractivity contribution in [3.63, 3.8) is 0 Å². The average molecular weight is 335 g/mol. The monoisotopic (exact) mass is 335 g/mol. The molecule has 0 saturated heterocycles. The third kappa shape index (κ3) is 4.42. The first-order valence-corrected chi connectivity index (χ1v) is 8.26. The van der Waals surface area contributed by atoms with E-state index in [9.17, 15) is 34.4 Å². The molecular weight excluding hydrogens is 326 g/mol. The summed E-state index contributed by atoms with van der Waals surface area (Å²) in [6, 6.07) is 1.83. The standard InChI is InChI=1S/C9H9F4NO4S2/c1-19(15,16)6-2-3-7(10)8(4-6)20(17,18)14-5-9(11,12)13/h2-4,14H,5H2,1H3. The molecule has 0 atom stereocenters. The maximum atomic E-state index is 13.4. The van der Waals surface area contributed by atoms with Crippen molar-refractivity contribution in [1.29, 1.82) is 0 Å². The second-order valence-electron chi connectivity index (χ2n) is 3.80. The van der Waals surface area contributed by atoms with E-state index in [1.807, 2.05) is 0 Å². The Morgan fingerprint density at radius 2 is 1.70 bits per heavy atom. The molecule has 0 aliphatic carbocycles. The molecule has 11 heteroatoms. The summed E-state index contributed by atoms with van der Waals surface area (Å²) in [6.45, 7) is -1.89. The van der Waals surface area contributed by atoms with E-state index in [1.54, 1.807) is 0 Å². The molecule has 0 heterocycles. The lowest BCUT2D eigenvalue weighted by atomic mass is 10.3. The van der Waals surface area contributed by atoms with Crippen molar-refractivity contribution in [2.45, 2.75) is 16.0 Å². The largest absolute Gasteiger partial charge is 0.402 e. The highest BCUT2D eigenvalue weighted by atomic mass is 32.2. The SMILES string of the molecule is CS(=O)(=O)c1ccc(F)c(S(=O)(=O)NCC(F)(F)F)c1. The van der Waals surface area contributed by atoms with E-state index >= 15 is 0 Å². The predicted octanol–water partition coefficient (Wildman–Crippen LogP) is 1.07. The topological polar surface area (TPSA) is 80.3 Å². The summed E-state index contributed by atoms with van der Waals surface area (Å²) in [5.74, 6) is -1.35. The summed E-state index contributed by atoms with van der Waals surface area (Å²) < 4.78 is 95.9. The van der Waals surface area contributed by atoms with Gasteiger partial charge in [0, 0.05) is 6.26 Å². The zero-order chi connectivity index (χ0) is 15.8. The van der Waals surface area contributed by atoms with E-state index in [1.165, 1.54) is 0 Å². The van der Waals surface area contributed by atoms with Gasteiger partial charge < -0.3 is 0 Å². The van der Waals surface area contributed by atoms with Crippen LogP contribution in [-0.4, -0.2) is 35.8 Å². The molecule has 114 valence electrons. The number of rotatable bonds is 4. The van der Waals surface area contributed by atoms with Crippen LogP contribution in [0.25, 0.3) is 0 Å². The molecule has 0 unspecified atom stereocenters. The molecule has 0 aliphatic rings. The summed E-state index contributed by atoms with van der Waals surface area (Å²) >= 11 is 0. The second kappa shape index (κ2) is 5.30. The number of halogens is 4. The summed E-state index contributed by atoms with van der Waals surface area (Å²) in [7, 11) is -8.64. The Bertz CT molecular complexity index is 710. The number of sulfonamides is 1. The molecule has 0 spiro atoms. The normalized spacial score (nSPS) is 13.4. The first-order chi connectivity index (χ1) is 8.83. The van der Waals surface area contributed by atoms with Gasteiger partial charge in [0.2, 0.25) is 10.0 Å². The van der Waals surface area contributed by atoms with Gasteiger partial charge in [0.05, 0.1) is 4.90 Å². The minimum Gasteiger partial charge on any atom is -0.224 e. The highest BCUT2D eigenvalue weighted by Gasteiger charge is 2.31. The van der Waals surface area contributed by atoms with E-state index in [4.69, 9.17) is 0 Å². The predicted molar refractivity (Wildman–Crippen MR) is 60.8 cm³/mol. The first-order valence-electron chi connectivity index (χ1n) is 4.89. The van der Waals surface area contributed by atoms with Gasteiger partial charge in [-0.3, -0.25) is 0 Å². The van der Waals surface area contributed by atoms with Gasteiger partial charge in [-0.25, -0.2) is 25.9 Å². The third-order valence-electron chi connectivity index (χ3n) is 2.08. The van der Waals surface area contributed by atoms with Gasteiger partial charge in [-0.05, 0) is 18.2 Å². The Kier molecular flexibility index (Phi) is 4.46. The van der Waals surface area contributed by atoms with Crippen molar-refractivity contribution in [3.8, 4) is 0 Å². The summed E-state index contributed by atoms with van der Waals surface area (Å²) in [5, 5.41) is 0. The van der Waals surface area contributed by atoms with E-state index in [-0.39, 0.29) is 0 Å². The van der Waals surface area contributed by atoms with Crippen LogP contribution < -0.4 is 4.72 Å². The van der Waals surface area contributed by atoms with Crippen LogP contribution in [0.3, 0.4) is 0 Å². The van der Waals surface area contributed by atoms with Crippen molar-refractivity contribution in [2.75, 3.05) is 12.8 Å². The Morgan fingerprint density at radius 1 is 1.15 bits per heavy atom. The molecule has 0 radical (unpaired) electrons. The molecule has 0 aromatic heterocycles. The Balaban J connectivity index is 3.25. The molecule has 0 aliphatic heterocycles. The fourth-order valence-electron chi connectivity index (χ4n) is 1.17. The van der Waals surface area contributed by atoms with E-state index in [2.05, 4.69) is 0 Å². The molecule has 1 N–H and O–H groups in total. The van der Waals surface area contributed by atoms with Gasteiger partial charge in [-0.2, -0.15) is 13.2 Å². The van der Waals surface area contributed by atoms with Crippen LogP contribution in [-0.2, 0) is 19.9 Å². The van der Waals surface area contributed by atoms with Crippen LogP contribution in [0.15, 0.2) is 28.0 Å². The van der Waals surface area contributed by atoms with Crippen LogP contribution in [0.1, 0.15) is 0 Å². The van der Waals surface area contributed by atoms with Crippen molar-refractivity contribution in [1.82, 2.24) is 4.72 Å². The van der Waals surface area contributed by atoms with Crippen molar-refractivity contribution < 1.29 is 34.4 Å². The fourth-order valence-corrected chi connectivity index (χ4v) is 3.01. The molecule has 0 bridgehead atoms. The maximum Gasteiger partial charge on any atom is 0.402 e. The lowest BCUT2D eigenvalue weighted by molar-refractivity contribution is -0.121. The number of nitrogens with one attached hydrogen (secondary N) is 1. The zero-order valence-electron chi connectivity index (χ0n) is 9.90. The van der Waals surface area contributed by atoms with Gasteiger partial charge >= 0.3 is 6.18 Å². The Hall–Kier alpha value is -1.20. The number of hydrogen-bond donors (Lipinski definition) is 1. The minimum absolute atomic E-state index is 0.462. The molecule has 5 nitrogen and oxygen atoms in total. The molecular formula is C9H9F4NO4S2. The number of hydrogen-bond acceptors (Lipinski definition) is 4. The summed E-state index contributed by atoms with van der Waals surface area (Å²) in [5.41, 5.74) is 0. The lowest BCUT2D eigenvalue weighted by Gasteiger charge is -2.10. The van der Waals surface area contributed by atoms with Gasteiger partial charge in [-0.1, -0.05) is 0 Å². The minimum atomic E-state index is -4.82. The smallest absolute Gasteiger partial charge is 0.224 e. The lowest BCUT2D eigenvalue weighted by Crippen LogP contribution is -2.34. The average Bonchev–Trinajstić information content (AvgIpc) is 2.24. The number of alkyl halides is 3. The van der Waals surface area contributed by atoms with Crippen LogP contribution in [0.5, 0.6) is 0 Å². The molecule has 0 saturated carbocycles. The van der Waals surface area contributed by atoms with Crippen molar-refractivity contribution in [3.05, 3.63) is 24.0 Å². The maximum absolute atomic E-state index is 13.4. The number of sulfone groups is 1. The summed E-state index contributed by atoms with van der Waals surface area (Å²) in [4.78, 5) is -1.68. The highest BCUT2D eigenvalue weighted by molar-refractivity contribution is 7.91. The molecule has 0 fully saturated rings. The van der Waals surface area contributed by atoms with E-state index in [0.717, 1.165) is 17.0 Å². The van der Waals surface area contributed by atoms with Crippen LogP contribution in [0, 0.1) is 5.82 Å². The van der Waals surface area contributed by atoms with Crippen molar-refractivity contribution in [2.24, 2.45) is 0 Å². The van der Waals surface area contributed by atoms with Crippen molar-refractivity contribution >= 4 is 19.9 Å². The Morgan fingerprint density at radius 3 is 2.15 bits per heavy atom. The molecule has 20 heavy (non-hydrogen) atoms. The number of benzene rings is 1.